The zero-order valence-corrected chi connectivity index (χ0v) is 21.5. The first-order chi connectivity index (χ1) is 16.6. The summed E-state index contributed by atoms with van der Waals surface area (Å²) in [5.74, 6) is 1.15. The molecule has 7 heteroatoms. The maximum atomic E-state index is 7.07. The number of aromatic nitrogens is 3. The summed E-state index contributed by atoms with van der Waals surface area (Å²) < 4.78 is 2.15. The summed E-state index contributed by atoms with van der Waals surface area (Å²) in [6.07, 6.45) is 6.50. The Balaban J connectivity index is 1.43. The Morgan fingerprint density at radius 3 is 2.71 bits per heavy atom. The predicted molar refractivity (Wildman–Crippen MR) is 140 cm³/mol. The molecule has 34 heavy (non-hydrogen) atoms. The average Bonchev–Trinajstić information content (AvgIpc) is 3.18. The van der Waals surface area contributed by atoms with Crippen molar-refractivity contribution in [2.24, 2.45) is 0 Å². The maximum Gasteiger partial charge on any atom is 0.139 e. The molecular formula is C27H37ClN6. The van der Waals surface area contributed by atoms with Gasteiger partial charge in [-0.15, -0.1) is 0 Å². The summed E-state index contributed by atoms with van der Waals surface area (Å²) in [6.45, 7) is 12.7. The molecule has 0 aromatic carbocycles. The van der Waals surface area contributed by atoms with Crippen LogP contribution in [0.1, 0.15) is 63.0 Å². The van der Waals surface area contributed by atoms with E-state index < -0.39 is 0 Å². The molecule has 1 fully saturated rings. The second kappa shape index (κ2) is 10.2. The van der Waals surface area contributed by atoms with Crippen molar-refractivity contribution in [3.63, 3.8) is 0 Å². The minimum absolute atomic E-state index is 0.328. The molecule has 0 radical (unpaired) electrons. The molecule has 2 aliphatic rings. The van der Waals surface area contributed by atoms with E-state index in [0.717, 1.165) is 80.8 Å². The standard InChI is InChI=1S/C27H37ClN6/c1-4-14-33(23-10-5-8-21-9-7-13-29-26(21)23)19-22-27(28)34-24(30-22)11-6-12-25(34)32-17-15-31(16-18-32)20(2)3/h6-7,9,11-13,20,23H,4-5,8,10,14-19H2,1-3H3/t23-/m0/s1. The van der Waals surface area contributed by atoms with E-state index in [-0.39, 0.29) is 0 Å². The highest BCUT2D eigenvalue weighted by Crippen LogP contribution is 2.35. The number of anilines is 1. The molecule has 1 aliphatic heterocycles. The van der Waals surface area contributed by atoms with E-state index in [2.05, 4.69) is 70.2 Å². The SMILES string of the molecule is CCCN(Cc1nc2cccc(N3CCN(C(C)C)CC3)n2c1Cl)[C@H]1CCCc2cccnc21. The lowest BCUT2D eigenvalue weighted by Crippen LogP contribution is -2.49. The molecule has 0 spiro atoms. The third-order valence-corrected chi connectivity index (χ3v) is 7.86. The van der Waals surface area contributed by atoms with E-state index in [9.17, 15) is 0 Å². The van der Waals surface area contributed by atoms with E-state index in [0.29, 0.717) is 12.1 Å². The molecule has 0 bridgehead atoms. The van der Waals surface area contributed by atoms with Crippen LogP contribution in [0.5, 0.6) is 0 Å². The Hall–Kier alpha value is -2.15. The van der Waals surface area contributed by atoms with Gasteiger partial charge in [-0.1, -0.05) is 30.7 Å². The zero-order chi connectivity index (χ0) is 23.7. The minimum Gasteiger partial charge on any atom is -0.355 e. The Bertz CT molecular complexity index is 1120. The summed E-state index contributed by atoms with van der Waals surface area (Å²) >= 11 is 7.07. The van der Waals surface area contributed by atoms with Gasteiger partial charge in [-0.25, -0.2) is 4.98 Å². The number of aryl methyl sites for hydroxylation is 1. The highest BCUT2D eigenvalue weighted by atomic mass is 35.5. The molecule has 5 rings (SSSR count). The molecule has 4 heterocycles. The zero-order valence-electron chi connectivity index (χ0n) is 20.8. The molecule has 6 nitrogen and oxygen atoms in total. The number of hydrogen-bond acceptors (Lipinski definition) is 5. The first-order valence-corrected chi connectivity index (χ1v) is 13.3. The van der Waals surface area contributed by atoms with Crippen LogP contribution >= 0.6 is 11.6 Å². The fraction of sp³-hybridized carbons (Fsp3) is 0.556. The number of rotatable bonds is 7. The van der Waals surface area contributed by atoms with E-state index in [1.165, 1.54) is 17.7 Å². The summed E-state index contributed by atoms with van der Waals surface area (Å²) in [5, 5.41) is 0.745. The van der Waals surface area contributed by atoms with Gasteiger partial charge < -0.3 is 4.90 Å². The summed E-state index contributed by atoms with van der Waals surface area (Å²) in [7, 11) is 0. The second-order valence-electron chi connectivity index (χ2n) is 9.97. The molecule has 0 saturated carbocycles. The fourth-order valence-corrected chi connectivity index (χ4v) is 5.94. The van der Waals surface area contributed by atoms with E-state index in [4.69, 9.17) is 21.6 Å². The van der Waals surface area contributed by atoms with Gasteiger partial charge in [-0.3, -0.25) is 19.2 Å². The quantitative estimate of drug-likeness (QED) is 0.464. The van der Waals surface area contributed by atoms with Gasteiger partial charge in [-0.05, 0) is 69.8 Å². The second-order valence-corrected chi connectivity index (χ2v) is 10.3. The Morgan fingerprint density at radius 2 is 1.94 bits per heavy atom. The predicted octanol–water partition coefficient (Wildman–Crippen LogP) is 5.20. The molecule has 182 valence electrons. The van der Waals surface area contributed by atoms with Crippen LogP contribution in [0.4, 0.5) is 5.82 Å². The number of hydrogen-bond donors (Lipinski definition) is 0. The molecule has 0 unspecified atom stereocenters. The molecule has 3 aromatic rings. The number of nitrogens with zero attached hydrogens (tertiary/aromatic N) is 6. The van der Waals surface area contributed by atoms with Crippen LogP contribution in [-0.2, 0) is 13.0 Å². The molecule has 3 aromatic heterocycles. The number of pyridine rings is 2. The van der Waals surface area contributed by atoms with Gasteiger partial charge in [0.2, 0.25) is 0 Å². The van der Waals surface area contributed by atoms with Gasteiger partial charge in [0.05, 0.1) is 17.4 Å². The van der Waals surface area contributed by atoms with Gasteiger partial charge in [0, 0.05) is 45.0 Å². The maximum absolute atomic E-state index is 7.07. The summed E-state index contributed by atoms with van der Waals surface area (Å²) in [6, 6.07) is 11.6. The monoisotopic (exact) mass is 480 g/mol. The van der Waals surface area contributed by atoms with E-state index in [1.54, 1.807) is 0 Å². The van der Waals surface area contributed by atoms with Crippen molar-refractivity contribution < 1.29 is 0 Å². The molecule has 0 amide bonds. The van der Waals surface area contributed by atoms with Gasteiger partial charge in [0.1, 0.15) is 16.6 Å². The van der Waals surface area contributed by atoms with Crippen molar-refractivity contribution in [1.29, 1.82) is 0 Å². The minimum atomic E-state index is 0.328. The Morgan fingerprint density at radius 1 is 1.12 bits per heavy atom. The molecule has 1 aliphatic carbocycles. The lowest BCUT2D eigenvalue weighted by molar-refractivity contribution is 0.164. The summed E-state index contributed by atoms with van der Waals surface area (Å²) in [4.78, 5) is 17.3. The third-order valence-electron chi connectivity index (χ3n) is 7.47. The van der Waals surface area contributed by atoms with E-state index in [1.807, 2.05) is 6.20 Å². The normalized spacial score (nSPS) is 19.4. The van der Waals surface area contributed by atoms with Gasteiger partial charge in [-0.2, -0.15) is 0 Å². The largest absolute Gasteiger partial charge is 0.355 e. The van der Waals surface area contributed by atoms with Gasteiger partial charge in [0.25, 0.3) is 0 Å². The number of imidazole rings is 1. The third kappa shape index (κ3) is 4.56. The topological polar surface area (TPSA) is 39.9 Å². The van der Waals surface area contributed by atoms with Crippen LogP contribution in [0, 0.1) is 0 Å². The van der Waals surface area contributed by atoms with Crippen LogP contribution in [0.2, 0.25) is 5.15 Å². The molecule has 1 saturated heterocycles. The lowest BCUT2D eigenvalue weighted by atomic mass is 9.90. The summed E-state index contributed by atoms with van der Waals surface area (Å²) in [5.41, 5.74) is 4.53. The lowest BCUT2D eigenvalue weighted by Gasteiger charge is -2.38. The fourth-order valence-electron chi connectivity index (χ4n) is 5.67. The van der Waals surface area contributed by atoms with E-state index >= 15 is 0 Å². The molecule has 1 atom stereocenters. The van der Waals surface area contributed by atoms with Crippen molar-refractivity contribution >= 4 is 23.1 Å². The highest BCUT2D eigenvalue weighted by Gasteiger charge is 2.29. The molecule has 0 N–H and O–H groups in total. The highest BCUT2D eigenvalue weighted by molar-refractivity contribution is 6.30. The van der Waals surface area contributed by atoms with Crippen molar-refractivity contribution in [1.82, 2.24) is 24.2 Å². The first kappa shape index (κ1) is 23.6. The Kier molecular flexibility index (Phi) is 7.09. The van der Waals surface area contributed by atoms with Crippen molar-refractivity contribution in [2.45, 2.75) is 65.1 Å². The van der Waals surface area contributed by atoms with Crippen molar-refractivity contribution in [3.8, 4) is 0 Å². The van der Waals surface area contributed by atoms with Crippen LogP contribution in [0.3, 0.4) is 0 Å². The number of fused-ring (bicyclic) bond motifs is 2. The Labute approximate surface area is 208 Å². The van der Waals surface area contributed by atoms with Crippen molar-refractivity contribution in [2.75, 3.05) is 37.6 Å². The van der Waals surface area contributed by atoms with Crippen LogP contribution in [0.15, 0.2) is 36.5 Å². The van der Waals surface area contributed by atoms with Crippen LogP contribution in [-0.4, -0.2) is 62.9 Å². The number of halogens is 1. The van der Waals surface area contributed by atoms with Crippen LogP contribution < -0.4 is 4.90 Å². The average molecular weight is 481 g/mol. The number of piperazine rings is 1. The smallest absolute Gasteiger partial charge is 0.139 e. The van der Waals surface area contributed by atoms with Crippen molar-refractivity contribution in [3.05, 3.63) is 58.6 Å². The van der Waals surface area contributed by atoms with Gasteiger partial charge in [0.15, 0.2) is 0 Å². The van der Waals surface area contributed by atoms with Crippen LogP contribution in [0.25, 0.3) is 5.65 Å². The molecular weight excluding hydrogens is 444 g/mol. The first-order valence-electron chi connectivity index (χ1n) is 12.9. The van der Waals surface area contributed by atoms with Gasteiger partial charge >= 0.3 is 0 Å².